The number of hydrogen-bond acceptors (Lipinski definition) is 1. The molecule has 0 radical (unpaired) electrons. The second-order valence-electron chi connectivity index (χ2n) is 3.10. The van der Waals surface area contributed by atoms with Gasteiger partial charge in [0.1, 0.15) is 0 Å². The quantitative estimate of drug-likeness (QED) is 0.575. The molecule has 2 heteroatoms. The van der Waals surface area contributed by atoms with Crippen molar-refractivity contribution in [2.24, 2.45) is 0 Å². The minimum Gasteiger partial charge on any atom is -0.358 e. The summed E-state index contributed by atoms with van der Waals surface area (Å²) in [6.07, 6.45) is 0. The Balaban J connectivity index is 2.88. The van der Waals surface area contributed by atoms with Gasteiger partial charge in [-0.2, -0.15) is 0 Å². The van der Waals surface area contributed by atoms with E-state index in [2.05, 4.69) is 43.6 Å². The maximum Gasteiger partial charge on any atom is 0.0459 e. The van der Waals surface area contributed by atoms with Crippen LogP contribution in [0.15, 0.2) is 23.1 Å². The first-order valence-corrected chi connectivity index (χ1v) is 4.41. The molecule has 1 nitrogen and oxygen atoms in total. The second-order valence-corrected chi connectivity index (χ2v) is 3.62. The van der Waals surface area contributed by atoms with E-state index in [0.29, 0.717) is 0 Å². The zero-order chi connectivity index (χ0) is 8.72. The van der Waals surface area contributed by atoms with Crippen molar-refractivity contribution >= 4 is 23.5 Å². The van der Waals surface area contributed by atoms with E-state index in [0.717, 1.165) is 4.90 Å². The van der Waals surface area contributed by atoms with Gasteiger partial charge in [0.15, 0.2) is 0 Å². The molecule has 0 saturated heterocycles. The molecule has 0 unspecified atom stereocenters. The summed E-state index contributed by atoms with van der Waals surface area (Å²) in [5.41, 5.74) is 3.76. The van der Waals surface area contributed by atoms with E-state index in [4.69, 9.17) is 0 Å². The third-order valence-electron chi connectivity index (χ3n) is 2.29. The lowest BCUT2D eigenvalue weighted by Gasteiger charge is -1.92. The number of aromatic amines is 1. The van der Waals surface area contributed by atoms with Gasteiger partial charge < -0.3 is 4.98 Å². The van der Waals surface area contributed by atoms with E-state index in [9.17, 15) is 0 Å². The third kappa shape index (κ3) is 1.03. The molecule has 0 aliphatic rings. The van der Waals surface area contributed by atoms with Crippen LogP contribution in [-0.4, -0.2) is 4.98 Å². The van der Waals surface area contributed by atoms with E-state index in [1.54, 1.807) is 0 Å². The Bertz CT molecular complexity index is 429. The maximum atomic E-state index is 4.30. The summed E-state index contributed by atoms with van der Waals surface area (Å²) in [5.74, 6) is 0. The highest BCUT2D eigenvalue weighted by Crippen LogP contribution is 2.23. The molecular weight excluding hydrogens is 166 g/mol. The minimum absolute atomic E-state index is 1.02. The molecule has 0 atom stereocenters. The predicted octanol–water partition coefficient (Wildman–Crippen LogP) is 3.07. The first kappa shape index (κ1) is 7.74. The topological polar surface area (TPSA) is 15.8 Å². The van der Waals surface area contributed by atoms with Gasteiger partial charge >= 0.3 is 0 Å². The lowest BCUT2D eigenvalue weighted by molar-refractivity contribution is 1.25. The molecule has 1 N–H and O–H groups in total. The monoisotopic (exact) mass is 177 g/mol. The van der Waals surface area contributed by atoms with Crippen LogP contribution in [0, 0.1) is 13.8 Å². The van der Waals surface area contributed by atoms with E-state index in [1.807, 2.05) is 6.07 Å². The fraction of sp³-hybridized carbons (Fsp3) is 0.200. The maximum absolute atomic E-state index is 4.30. The average Bonchev–Trinajstić information content (AvgIpc) is 2.31. The first-order chi connectivity index (χ1) is 5.68. The molecule has 2 rings (SSSR count). The van der Waals surface area contributed by atoms with Crippen LogP contribution >= 0.6 is 12.6 Å². The predicted molar refractivity (Wildman–Crippen MR) is 55.0 cm³/mol. The summed E-state index contributed by atoms with van der Waals surface area (Å²) in [5, 5.41) is 1.28. The number of benzene rings is 1. The van der Waals surface area contributed by atoms with Gasteiger partial charge in [0.2, 0.25) is 0 Å². The summed E-state index contributed by atoms with van der Waals surface area (Å²) in [7, 11) is 0. The van der Waals surface area contributed by atoms with Crippen molar-refractivity contribution in [3.63, 3.8) is 0 Å². The Morgan fingerprint density at radius 2 is 2.00 bits per heavy atom. The molecule has 1 heterocycles. The summed E-state index contributed by atoms with van der Waals surface area (Å²) in [6.45, 7) is 4.22. The molecular formula is C10H11NS. The third-order valence-corrected chi connectivity index (χ3v) is 2.57. The SMILES string of the molecule is Cc1[nH]c2ccc(S)cc2c1C. The second kappa shape index (κ2) is 2.56. The van der Waals surface area contributed by atoms with Crippen LogP contribution in [-0.2, 0) is 0 Å². The van der Waals surface area contributed by atoms with Crippen LogP contribution < -0.4 is 0 Å². The summed E-state index contributed by atoms with van der Waals surface area (Å²) in [6, 6.07) is 6.16. The molecule has 0 aliphatic carbocycles. The van der Waals surface area contributed by atoms with Crippen molar-refractivity contribution in [3.8, 4) is 0 Å². The number of rotatable bonds is 0. The molecule has 1 aromatic heterocycles. The molecule has 0 amide bonds. The molecule has 0 spiro atoms. The molecule has 0 aliphatic heterocycles. The first-order valence-electron chi connectivity index (χ1n) is 3.96. The molecule has 2 aromatic rings. The number of aryl methyl sites for hydroxylation is 2. The number of thiol groups is 1. The number of fused-ring (bicyclic) bond motifs is 1. The van der Waals surface area contributed by atoms with Crippen molar-refractivity contribution < 1.29 is 0 Å². The fourth-order valence-corrected chi connectivity index (χ4v) is 1.65. The van der Waals surface area contributed by atoms with Gasteiger partial charge in [0, 0.05) is 21.5 Å². The van der Waals surface area contributed by atoms with Crippen LogP contribution in [0.3, 0.4) is 0 Å². The van der Waals surface area contributed by atoms with E-state index < -0.39 is 0 Å². The summed E-state index contributed by atoms with van der Waals surface area (Å²) >= 11 is 4.30. The van der Waals surface area contributed by atoms with Crippen LogP contribution in [0.2, 0.25) is 0 Å². The van der Waals surface area contributed by atoms with E-state index in [1.165, 1.54) is 22.2 Å². The van der Waals surface area contributed by atoms with Crippen LogP contribution in [0.4, 0.5) is 0 Å². The minimum atomic E-state index is 1.02. The Morgan fingerprint density at radius 1 is 1.25 bits per heavy atom. The molecule has 0 bridgehead atoms. The number of hydrogen-bond donors (Lipinski definition) is 2. The highest BCUT2D eigenvalue weighted by atomic mass is 32.1. The highest BCUT2D eigenvalue weighted by molar-refractivity contribution is 7.80. The largest absolute Gasteiger partial charge is 0.358 e. The van der Waals surface area contributed by atoms with Gasteiger partial charge in [-0.1, -0.05) is 0 Å². The van der Waals surface area contributed by atoms with Crippen molar-refractivity contribution in [2.45, 2.75) is 18.7 Å². The van der Waals surface area contributed by atoms with Gasteiger partial charge in [-0.25, -0.2) is 0 Å². The van der Waals surface area contributed by atoms with Crippen LogP contribution in [0.5, 0.6) is 0 Å². The van der Waals surface area contributed by atoms with Crippen molar-refractivity contribution in [1.29, 1.82) is 0 Å². The van der Waals surface area contributed by atoms with Gasteiger partial charge in [-0.3, -0.25) is 0 Å². The van der Waals surface area contributed by atoms with Gasteiger partial charge in [-0.05, 0) is 37.6 Å². The molecule has 12 heavy (non-hydrogen) atoms. The Morgan fingerprint density at radius 3 is 2.75 bits per heavy atom. The van der Waals surface area contributed by atoms with E-state index in [-0.39, 0.29) is 0 Å². The Kier molecular flexibility index (Phi) is 1.65. The number of H-pyrrole nitrogens is 1. The lowest BCUT2D eigenvalue weighted by Crippen LogP contribution is -1.71. The van der Waals surface area contributed by atoms with Crippen LogP contribution in [0.1, 0.15) is 11.3 Å². The normalized spacial score (nSPS) is 10.9. The van der Waals surface area contributed by atoms with Gasteiger partial charge in [-0.15, -0.1) is 12.6 Å². The number of aromatic nitrogens is 1. The zero-order valence-electron chi connectivity index (χ0n) is 7.18. The molecule has 0 saturated carbocycles. The number of nitrogens with one attached hydrogen (secondary N) is 1. The van der Waals surface area contributed by atoms with Crippen LogP contribution in [0.25, 0.3) is 10.9 Å². The fourth-order valence-electron chi connectivity index (χ4n) is 1.45. The standard InChI is InChI=1S/C10H11NS/c1-6-7(2)11-10-4-3-8(12)5-9(6)10/h3-5,11-12H,1-2H3. The zero-order valence-corrected chi connectivity index (χ0v) is 8.07. The smallest absolute Gasteiger partial charge is 0.0459 e. The van der Waals surface area contributed by atoms with Gasteiger partial charge in [0.25, 0.3) is 0 Å². The Labute approximate surface area is 77.2 Å². The van der Waals surface area contributed by atoms with Crippen molar-refractivity contribution in [2.75, 3.05) is 0 Å². The van der Waals surface area contributed by atoms with Crippen molar-refractivity contribution in [3.05, 3.63) is 29.5 Å². The van der Waals surface area contributed by atoms with Gasteiger partial charge in [0.05, 0.1) is 0 Å². The van der Waals surface area contributed by atoms with Crippen molar-refractivity contribution in [1.82, 2.24) is 4.98 Å². The molecule has 1 aromatic carbocycles. The Hall–Kier alpha value is -0.890. The highest BCUT2D eigenvalue weighted by Gasteiger charge is 2.02. The molecule has 0 fully saturated rings. The summed E-state index contributed by atoms with van der Waals surface area (Å²) < 4.78 is 0. The molecule has 62 valence electrons. The van der Waals surface area contributed by atoms with E-state index >= 15 is 0 Å². The summed E-state index contributed by atoms with van der Waals surface area (Å²) in [4.78, 5) is 4.34. The average molecular weight is 177 g/mol. The lowest BCUT2D eigenvalue weighted by atomic mass is 10.2.